The van der Waals surface area contributed by atoms with Gasteiger partial charge in [0.15, 0.2) is 0 Å². The topological polar surface area (TPSA) is 67.4 Å². The molecule has 0 radical (unpaired) electrons. The number of halogens is 1. The van der Waals surface area contributed by atoms with Gasteiger partial charge in [0.1, 0.15) is 0 Å². The van der Waals surface area contributed by atoms with E-state index in [0.29, 0.717) is 13.1 Å². The Morgan fingerprint density at radius 3 is 2.38 bits per heavy atom. The quantitative estimate of drug-likeness (QED) is 0.596. The minimum absolute atomic E-state index is 0. The van der Waals surface area contributed by atoms with Gasteiger partial charge in [0.05, 0.1) is 11.9 Å². The molecule has 7 heteroatoms. The lowest BCUT2D eigenvalue weighted by molar-refractivity contribution is 0.200. The summed E-state index contributed by atoms with van der Waals surface area (Å²) in [5, 5.41) is 2.61. The Morgan fingerprint density at radius 1 is 1.25 bits per heavy atom. The smallest absolute Gasteiger partial charge is 0.216 e. The largest absolute Gasteiger partial charge is 0.383 e. The van der Waals surface area contributed by atoms with Crippen LogP contribution in [-0.2, 0) is 14.8 Å². The number of hydrogen-bond acceptors (Lipinski definition) is 4. The third-order valence-electron chi connectivity index (χ3n) is 1.96. The molecule has 0 aromatic rings. The molecular weight excluding hydrogens is 252 g/mol. The molecule has 0 aromatic carbocycles. The van der Waals surface area contributed by atoms with E-state index in [0.717, 1.165) is 13.0 Å². The highest BCUT2D eigenvalue weighted by molar-refractivity contribution is 7.90. The van der Waals surface area contributed by atoms with E-state index in [4.69, 9.17) is 4.74 Å². The van der Waals surface area contributed by atoms with Crippen LogP contribution < -0.4 is 10.0 Å². The third-order valence-corrected chi connectivity index (χ3v) is 3.76. The second kappa shape index (κ2) is 10.3. The van der Waals surface area contributed by atoms with Gasteiger partial charge in [-0.3, -0.25) is 0 Å². The number of hydrogen-bond donors (Lipinski definition) is 2. The first-order valence-electron chi connectivity index (χ1n) is 5.22. The normalized spacial score (nSPS) is 13.2. The third kappa shape index (κ3) is 8.29. The molecule has 0 saturated carbocycles. The van der Waals surface area contributed by atoms with Crippen molar-refractivity contribution < 1.29 is 13.2 Å². The number of ether oxygens (including phenoxy) is 1. The van der Waals surface area contributed by atoms with Crippen molar-refractivity contribution in [3.63, 3.8) is 0 Å². The van der Waals surface area contributed by atoms with Crippen LogP contribution in [0.1, 0.15) is 20.3 Å². The number of sulfonamides is 1. The molecule has 100 valence electrons. The molecule has 0 rings (SSSR count). The highest BCUT2D eigenvalue weighted by atomic mass is 35.5. The molecule has 1 unspecified atom stereocenters. The Balaban J connectivity index is 0. The van der Waals surface area contributed by atoms with Crippen LogP contribution >= 0.6 is 12.4 Å². The summed E-state index contributed by atoms with van der Waals surface area (Å²) in [4.78, 5) is 0. The Labute approximate surface area is 105 Å². The fraction of sp³-hybridized carbons (Fsp3) is 1.00. The van der Waals surface area contributed by atoms with Gasteiger partial charge in [-0.15, -0.1) is 12.4 Å². The number of methoxy groups -OCH3 is 1. The molecule has 16 heavy (non-hydrogen) atoms. The second-order valence-electron chi connectivity index (χ2n) is 3.46. The molecule has 0 spiro atoms. The van der Waals surface area contributed by atoms with E-state index in [-0.39, 0.29) is 19.0 Å². The molecule has 0 heterocycles. The Kier molecular flexibility index (Phi) is 11.9. The van der Waals surface area contributed by atoms with E-state index >= 15 is 0 Å². The van der Waals surface area contributed by atoms with E-state index in [1.807, 2.05) is 0 Å². The molecule has 2 N–H and O–H groups in total. The molecular formula is C9H23ClN2O3S. The summed E-state index contributed by atoms with van der Waals surface area (Å²) in [6.45, 7) is 5.92. The molecule has 0 saturated heterocycles. The average molecular weight is 275 g/mol. The molecule has 0 aliphatic carbocycles. The Morgan fingerprint density at radius 2 is 1.88 bits per heavy atom. The van der Waals surface area contributed by atoms with Gasteiger partial charge in [-0.25, -0.2) is 13.1 Å². The lowest BCUT2D eigenvalue weighted by Crippen LogP contribution is -2.38. The van der Waals surface area contributed by atoms with Crippen LogP contribution in [0.4, 0.5) is 0 Å². The van der Waals surface area contributed by atoms with Crippen molar-refractivity contribution in [1.29, 1.82) is 0 Å². The first kappa shape index (κ1) is 18.5. The van der Waals surface area contributed by atoms with Crippen molar-refractivity contribution in [3.05, 3.63) is 0 Å². The highest BCUT2D eigenvalue weighted by Gasteiger charge is 2.19. The van der Waals surface area contributed by atoms with Gasteiger partial charge < -0.3 is 10.1 Å². The maximum Gasteiger partial charge on any atom is 0.216 e. The standard InChI is InChI=1S/C9H22N2O3S.ClH/c1-4-5-10-6-7-11-15(12,13)9(2)8-14-3;/h9-11H,4-8H2,1-3H3;1H. The van der Waals surface area contributed by atoms with Gasteiger partial charge in [0.2, 0.25) is 10.0 Å². The van der Waals surface area contributed by atoms with Gasteiger partial charge in [-0.1, -0.05) is 6.92 Å². The minimum atomic E-state index is -3.22. The van der Waals surface area contributed by atoms with Crippen LogP contribution in [-0.4, -0.2) is 47.0 Å². The predicted molar refractivity (Wildman–Crippen MR) is 68.7 cm³/mol. The monoisotopic (exact) mass is 274 g/mol. The summed E-state index contributed by atoms with van der Waals surface area (Å²) in [5.74, 6) is 0. The van der Waals surface area contributed by atoms with Gasteiger partial charge in [-0.2, -0.15) is 0 Å². The zero-order valence-corrected chi connectivity index (χ0v) is 11.8. The summed E-state index contributed by atoms with van der Waals surface area (Å²) in [5.41, 5.74) is 0. The van der Waals surface area contributed by atoms with Crippen LogP contribution in [0, 0.1) is 0 Å². The molecule has 5 nitrogen and oxygen atoms in total. The Hall–Kier alpha value is 0.120. The maximum absolute atomic E-state index is 11.5. The van der Waals surface area contributed by atoms with Gasteiger partial charge >= 0.3 is 0 Å². The van der Waals surface area contributed by atoms with E-state index in [9.17, 15) is 8.42 Å². The summed E-state index contributed by atoms with van der Waals surface area (Å²) >= 11 is 0. The zero-order chi connectivity index (χ0) is 11.7. The summed E-state index contributed by atoms with van der Waals surface area (Å²) < 4.78 is 30.4. The SMILES string of the molecule is CCCNCCNS(=O)(=O)C(C)COC.Cl. The lowest BCUT2D eigenvalue weighted by atomic mass is 10.5. The molecule has 0 aliphatic rings. The lowest BCUT2D eigenvalue weighted by Gasteiger charge is -2.13. The van der Waals surface area contributed by atoms with Crippen molar-refractivity contribution in [1.82, 2.24) is 10.0 Å². The van der Waals surface area contributed by atoms with Crippen molar-refractivity contribution >= 4 is 22.4 Å². The molecule has 0 fully saturated rings. The van der Waals surface area contributed by atoms with Crippen LogP contribution in [0.3, 0.4) is 0 Å². The van der Waals surface area contributed by atoms with E-state index in [1.165, 1.54) is 7.11 Å². The van der Waals surface area contributed by atoms with E-state index in [1.54, 1.807) is 6.92 Å². The van der Waals surface area contributed by atoms with Crippen molar-refractivity contribution in [3.8, 4) is 0 Å². The molecule has 1 atom stereocenters. The summed E-state index contributed by atoms with van der Waals surface area (Å²) in [7, 11) is -1.73. The molecule has 0 amide bonds. The summed E-state index contributed by atoms with van der Waals surface area (Å²) in [6.07, 6.45) is 1.05. The fourth-order valence-electron chi connectivity index (χ4n) is 1.05. The van der Waals surface area contributed by atoms with Crippen LogP contribution in [0.2, 0.25) is 0 Å². The first-order chi connectivity index (χ1) is 7.04. The molecule has 0 aliphatic heterocycles. The molecule has 0 aromatic heterocycles. The van der Waals surface area contributed by atoms with E-state index < -0.39 is 15.3 Å². The number of nitrogens with one attached hydrogen (secondary N) is 2. The van der Waals surface area contributed by atoms with Crippen molar-refractivity contribution in [2.45, 2.75) is 25.5 Å². The second-order valence-corrected chi connectivity index (χ2v) is 5.64. The molecule has 0 bridgehead atoms. The number of rotatable bonds is 9. The van der Waals surface area contributed by atoms with Crippen LogP contribution in [0.5, 0.6) is 0 Å². The predicted octanol–water partition coefficient (Wildman–Crippen LogP) is 0.362. The van der Waals surface area contributed by atoms with Gasteiger partial charge in [0, 0.05) is 20.2 Å². The average Bonchev–Trinajstić information content (AvgIpc) is 2.18. The maximum atomic E-state index is 11.5. The van der Waals surface area contributed by atoms with E-state index in [2.05, 4.69) is 17.0 Å². The Bertz CT molecular complexity index is 247. The first-order valence-corrected chi connectivity index (χ1v) is 6.77. The zero-order valence-electron chi connectivity index (χ0n) is 10.2. The van der Waals surface area contributed by atoms with Gasteiger partial charge in [0.25, 0.3) is 0 Å². The minimum Gasteiger partial charge on any atom is -0.383 e. The van der Waals surface area contributed by atoms with Crippen molar-refractivity contribution in [2.75, 3.05) is 33.4 Å². The van der Waals surface area contributed by atoms with Crippen molar-refractivity contribution in [2.24, 2.45) is 0 Å². The van der Waals surface area contributed by atoms with Crippen LogP contribution in [0.25, 0.3) is 0 Å². The summed E-state index contributed by atoms with van der Waals surface area (Å²) in [6, 6.07) is 0. The van der Waals surface area contributed by atoms with Gasteiger partial charge in [-0.05, 0) is 19.9 Å². The fourth-order valence-corrected chi connectivity index (χ4v) is 2.04. The highest BCUT2D eigenvalue weighted by Crippen LogP contribution is 1.97. The van der Waals surface area contributed by atoms with Crippen LogP contribution in [0.15, 0.2) is 0 Å².